The van der Waals surface area contributed by atoms with Gasteiger partial charge in [0.2, 0.25) is 0 Å². The van der Waals surface area contributed by atoms with Crippen LogP contribution in [0.25, 0.3) is 0 Å². The first-order valence-corrected chi connectivity index (χ1v) is 8.80. The highest BCUT2D eigenvalue weighted by Gasteiger charge is 2.39. The summed E-state index contributed by atoms with van der Waals surface area (Å²) in [6.07, 6.45) is 5.76. The van der Waals surface area contributed by atoms with Gasteiger partial charge in [0.25, 0.3) is 0 Å². The van der Waals surface area contributed by atoms with E-state index in [9.17, 15) is 0 Å². The van der Waals surface area contributed by atoms with E-state index in [0.717, 1.165) is 17.0 Å². The summed E-state index contributed by atoms with van der Waals surface area (Å²) < 4.78 is 0. The zero-order chi connectivity index (χ0) is 16.1. The predicted octanol–water partition coefficient (Wildman–Crippen LogP) is 6.44. The van der Waals surface area contributed by atoms with E-state index in [4.69, 9.17) is 23.2 Å². The molecule has 0 fully saturated rings. The van der Waals surface area contributed by atoms with Crippen LogP contribution in [-0.2, 0) is 0 Å². The maximum absolute atomic E-state index is 6.51. The first-order valence-electron chi connectivity index (χ1n) is 8.04. The quantitative estimate of drug-likeness (QED) is 0.587. The third-order valence-electron chi connectivity index (χ3n) is 5.24. The monoisotopic (exact) mass is 343 g/mol. The highest BCUT2D eigenvalue weighted by molar-refractivity contribution is 6.35. The van der Waals surface area contributed by atoms with E-state index in [2.05, 4.69) is 49.5 Å². The number of halogens is 2. The molecule has 1 aliphatic carbocycles. The maximum Gasteiger partial charge on any atom is 0.0568 e. The summed E-state index contributed by atoms with van der Waals surface area (Å²) in [5.74, 6) is 0.963. The highest BCUT2D eigenvalue weighted by Crippen LogP contribution is 2.52. The molecule has 1 N–H and O–H groups in total. The summed E-state index contributed by atoms with van der Waals surface area (Å²) in [5, 5.41) is 5.21. The molecule has 2 aliphatic rings. The lowest BCUT2D eigenvalue weighted by Crippen LogP contribution is -2.30. The molecule has 0 aromatic heterocycles. The van der Waals surface area contributed by atoms with Crippen molar-refractivity contribution in [2.45, 2.75) is 32.2 Å². The molecule has 0 radical (unpaired) electrons. The predicted molar refractivity (Wildman–Crippen MR) is 98.7 cm³/mol. The Morgan fingerprint density at radius 2 is 1.83 bits per heavy atom. The molecule has 0 bridgehead atoms. The third-order valence-corrected chi connectivity index (χ3v) is 5.81. The molecule has 118 valence electrons. The molecule has 23 heavy (non-hydrogen) atoms. The van der Waals surface area contributed by atoms with Gasteiger partial charge in [-0.2, -0.15) is 0 Å². The van der Waals surface area contributed by atoms with E-state index in [1.165, 1.54) is 22.4 Å². The number of anilines is 1. The maximum atomic E-state index is 6.51. The van der Waals surface area contributed by atoms with Crippen LogP contribution < -0.4 is 5.32 Å². The number of nitrogens with one attached hydrogen (secondary N) is 1. The van der Waals surface area contributed by atoms with Crippen LogP contribution in [0.3, 0.4) is 0 Å². The second-order valence-electron chi connectivity index (χ2n) is 6.63. The minimum Gasteiger partial charge on any atom is -0.377 e. The Bertz CT molecular complexity index is 810. The van der Waals surface area contributed by atoms with Crippen LogP contribution in [0.15, 0.2) is 42.5 Å². The van der Waals surface area contributed by atoms with E-state index in [1.54, 1.807) is 0 Å². The van der Waals surface area contributed by atoms with Gasteiger partial charge in [0.15, 0.2) is 0 Å². The molecule has 2 aromatic rings. The number of hydrogen-bond donors (Lipinski definition) is 1. The summed E-state index contributed by atoms with van der Waals surface area (Å²) in [7, 11) is 0. The van der Waals surface area contributed by atoms with Crippen molar-refractivity contribution < 1.29 is 0 Å². The van der Waals surface area contributed by atoms with Crippen molar-refractivity contribution in [3.63, 3.8) is 0 Å². The SMILES string of the molecule is Cc1ccc(C)c2c1NC(c1ccc(Cl)cc1Cl)C1CC=CC21. The van der Waals surface area contributed by atoms with Crippen LogP contribution in [0, 0.1) is 19.8 Å². The van der Waals surface area contributed by atoms with E-state index in [0.29, 0.717) is 16.9 Å². The lowest BCUT2D eigenvalue weighted by Gasteiger charge is -2.39. The van der Waals surface area contributed by atoms with Gasteiger partial charge in [0, 0.05) is 21.7 Å². The minimum atomic E-state index is 0.216. The van der Waals surface area contributed by atoms with Crippen LogP contribution >= 0.6 is 23.2 Å². The molecule has 0 saturated heterocycles. The van der Waals surface area contributed by atoms with Crippen molar-refractivity contribution in [1.82, 2.24) is 0 Å². The van der Waals surface area contributed by atoms with Gasteiger partial charge in [-0.05, 0) is 60.6 Å². The molecule has 0 amide bonds. The molecule has 1 nitrogen and oxygen atoms in total. The number of fused-ring (bicyclic) bond motifs is 3. The molecule has 4 rings (SSSR count). The molecule has 1 heterocycles. The molecular formula is C20H19Cl2N. The fourth-order valence-corrected chi connectivity index (χ4v) is 4.63. The van der Waals surface area contributed by atoms with Crippen molar-refractivity contribution in [1.29, 1.82) is 0 Å². The van der Waals surface area contributed by atoms with E-state index in [1.807, 2.05) is 12.1 Å². The second-order valence-corrected chi connectivity index (χ2v) is 7.47. The van der Waals surface area contributed by atoms with Gasteiger partial charge in [0.05, 0.1) is 6.04 Å². The fourth-order valence-electron chi connectivity index (χ4n) is 4.10. The average molecular weight is 344 g/mol. The number of rotatable bonds is 1. The minimum absolute atomic E-state index is 0.216. The van der Waals surface area contributed by atoms with Crippen LogP contribution in [0.2, 0.25) is 10.0 Å². The standard InChI is InChI=1S/C20H19Cl2N/c1-11-6-7-12(2)19-18(11)14-4-3-5-15(14)20(23-19)16-9-8-13(21)10-17(16)22/h3-4,6-10,14-15,20,23H,5H2,1-2H3. The summed E-state index contributed by atoms with van der Waals surface area (Å²) in [6.45, 7) is 4.38. The lowest BCUT2D eigenvalue weighted by atomic mass is 9.75. The normalized spacial score (nSPS) is 25.0. The number of benzene rings is 2. The van der Waals surface area contributed by atoms with Crippen molar-refractivity contribution in [2.75, 3.05) is 5.32 Å². The largest absolute Gasteiger partial charge is 0.377 e. The Hall–Kier alpha value is -1.44. The van der Waals surface area contributed by atoms with Gasteiger partial charge in [-0.3, -0.25) is 0 Å². The molecule has 0 spiro atoms. The van der Waals surface area contributed by atoms with Gasteiger partial charge in [-0.15, -0.1) is 0 Å². The molecule has 3 atom stereocenters. The van der Waals surface area contributed by atoms with Crippen LogP contribution in [-0.4, -0.2) is 0 Å². The lowest BCUT2D eigenvalue weighted by molar-refractivity contribution is 0.424. The summed E-state index contributed by atoms with van der Waals surface area (Å²) in [5.41, 5.74) is 6.51. The number of allylic oxidation sites excluding steroid dienone is 2. The summed E-state index contributed by atoms with van der Waals surface area (Å²) >= 11 is 12.6. The molecule has 1 aliphatic heterocycles. The Labute approximate surface area is 147 Å². The highest BCUT2D eigenvalue weighted by atomic mass is 35.5. The van der Waals surface area contributed by atoms with Gasteiger partial charge in [-0.25, -0.2) is 0 Å². The third kappa shape index (κ3) is 2.38. The molecule has 2 aromatic carbocycles. The van der Waals surface area contributed by atoms with E-state index in [-0.39, 0.29) is 6.04 Å². The van der Waals surface area contributed by atoms with E-state index >= 15 is 0 Å². The number of aryl methyl sites for hydroxylation is 2. The Kier molecular flexibility index (Phi) is 3.66. The van der Waals surface area contributed by atoms with Gasteiger partial charge in [0.1, 0.15) is 0 Å². The van der Waals surface area contributed by atoms with Gasteiger partial charge in [-0.1, -0.05) is 53.6 Å². The van der Waals surface area contributed by atoms with Crippen LogP contribution in [0.1, 0.15) is 40.6 Å². The van der Waals surface area contributed by atoms with Gasteiger partial charge >= 0.3 is 0 Å². The molecule has 3 heteroatoms. The first-order chi connectivity index (χ1) is 11.1. The number of hydrogen-bond acceptors (Lipinski definition) is 1. The zero-order valence-corrected chi connectivity index (χ0v) is 14.7. The second kappa shape index (κ2) is 5.58. The fraction of sp³-hybridized carbons (Fsp3) is 0.300. The zero-order valence-electron chi connectivity index (χ0n) is 13.2. The van der Waals surface area contributed by atoms with Crippen molar-refractivity contribution in [3.05, 3.63) is 74.8 Å². The van der Waals surface area contributed by atoms with Gasteiger partial charge < -0.3 is 5.32 Å². The first kappa shape index (κ1) is 15.1. The Morgan fingerprint density at radius 1 is 1.04 bits per heavy atom. The van der Waals surface area contributed by atoms with Crippen molar-refractivity contribution in [3.8, 4) is 0 Å². The summed E-state index contributed by atoms with van der Waals surface area (Å²) in [4.78, 5) is 0. The van der Waals surface area contributed by atoms with Crippen LogP contribution in [0.4, 0.5) is 5.69 Å². The van der Waals surface area contributed by atoms with Crippen molar-refractivity contribution in [2.24, 2.45) is 5.92 Å². The molecule has 3 unspecified atom stereocenters. The Morgan fingerprint density at radius 3 is 2.61 bits per heavy atom. The topological polar surface area (TPSA) is 12.0 Å². The summed E-state index contributed by atoms with van der Waals surface area (Å²) in [6, 6.07) is 10.5. The molecular weight excluding hydrogens is 325 g/mol. The Balaban J connectivity index is 1.86. The van der Waals surface area contributed by atoms with E-state index < -0.39 is 0 Å². The molecule has 0 saturated carbocycles. The average Bonchev–Trinajstić information content (AvgIpc) is 3.00. The smallest absolute Gasteiger partial charge is 0.0568 e. The van der Waals surface area contributed by atoms with Crippen LogP contribution in [0.5, 0.6) is 0 Å². The van der Waals surface area contributed by atoms with Crippen molar-refractivity contribution >= 4 is 28.9 Å².